The molecule has 0 spiro atoms. The molecule has 0 fully saturated rings. The number of benzene rings is 2. The molecule has 5 N–H and O–H groups in total. The zero-order chi connectivity index (χ0) is 14.7. The minimum Gasteiger partial charge on any atom is -0.398 e. The van der Waals surface area contributed by atoms with Crippen LogP contribution in [-0.2, 0) is 0 Å². The fourth-order valence-electron chi connectivity index (χ4n) is 1.94. The molecule has 0 aliphatic rings. The maximum absolute atomic E-state index is 12.9. The average molecular weight is 273 g/mol. The molecule has 0 aromatic heterocycles. The molecular weight excluding hydrogens is 257 g/mol. The molecule has 2 aromatic rings. The third kappa shape index (κ3) is 3.06. The molecule has 0 saturated heterocycles. The van der Waals surface area contributed by atoms with Crippen molar-refractivity contribution < 1.29 is 9.18 Å². The summed E-state index contributed by atoms with van der Waals surface area (Å²) in [5.41, 5.74) is 13.2. The predicted octanol–water partition coefficient (Wildman–Crippen LogP) is 2.68. The van der Waals surface area contributed by atoms with E-state index in [1.165, 1.54) is 12.1 Å². The SMILES string of the molecule is CC(Nc1ccc(N)c(C(N)=O)c1)c1ccc(F)cc1. The van der Waals surface area contributed by atoms with Gasteiger partial charge in [0.2, 0.25) is 0 Å². The Labute approximate surface area is 116 Å². The number of carbonyl (C=O) groups excluding carboxylic acids is 1. The average Bonchev–Trinajstić information content (AvgIpc) is 2.41. The first-order chi connectivity index (χ1) is 9.47. The van der Waals surface area contributed by atoms with Crippen LogP contribution in [0.4, 0.5) is 15.8 Å². The largest absolute Gasteiger partial charge is 0.398 e. The Morgan fingerprint density at radius 2 is 1.85 bits per heavy atom. The van der Waals surface area contributed by atoms with Crippen LogP contribution in [0.15, 0.2) is 42.5 Å². The summed E-state index contributed by atoms with van der Waals surface area (Å²) in [4.78, 5) is 11.2. The topological polar surface area (TPSA) is 81.1 Å². The van der Waals surface area contributed by atoms with E-state index in [2.05, 4.69) is 5.32 Å². The number of nitrogens with two attached hydrogens (primary N) is 2. The van der Waals surface area contributed by atoms with Gasteiger partial charge < -0.3 is 16.8 Å². The lowest BCUT2D eigenvalue weighted by atomic mass is 10.1. The van der Waals surface area contributed by atoms with Crippen LogP contribution in [-0.4, -0.2) is 5.91 Å². The smallest absolute Gasteiger partial charge is 0.250 e. The number of nitrogens with one attached hydrogen (secondary N) is 1. The van der Waals surface area contributed by atoms with E-state index in [0.717, 1.165) is 11.3 Å². The van der Waals surface area contributed by atoms with E-state index in [1.807, 2.05) is 6.92 Å². The minimum atomic E-state index is -0.569. The number of amides is 1. The highest BCUT2D eigenvalue weighted by Crippen LogP contribution is 2.22. The Kier molecular flexibility index (Phi) is 3.89. The fraction of sp³-hybridized carbons (Fsp3) is 0.133. The number of hydrogen-bond donors (Lipinski definition) is 3. The van der Waals surface area contributed by atoms with Gasteiger partial charge >= 0.3 is 0 Å². The summed E-state index contributed by atoms with van der Waals surface area (Å²) >= 11 is 0. The zero-order valence-corrected chi connectivity index (χ0v) is 11.1. The third-order valence-corrected chi connectivity index (χ3v) is 3.07. The van der Waals surface area contributed by atoms with Gasteiger partial charge in [-0.3, -0.25) is 4.79 Å². The van der Waals surface area contributed by atoms with E-state index in [1.54, 1.807) is 30.3 Å². The first kappa shape index (κ1) is 13.9. The molecule has 0 aliphatic carbocycles. The van der Waals surface area contributed by atoms with Crippen molar-refractivity contribution in [3.8, 4) is 0 Å². The van der Waals surface area contributed by atoms with E-state index in [0.29, 0.717) is 5.69 Å². The number of rotatable bonds is 4. The molecule has 0 radical (unpaired) electrons. The lowest BCUT2D eigenvalue weighted by Crippen LogP contribution is -2.14. The number of primary amides is 1. The molecule has 20 heavy (non-hydrogen) atoms. The van der Waals surface area contributed by atoms with Gasteiger partial charge in [0.15, 0.2) is 0 Å². The number of carbonyl (C=O) groups is 1. The Hall–Kier alpha value is -2.56. The first-order valence-corrected chi connectivity index (χ1v) is 6.18. The molecule has 1 atom stereocenters. The van der Waals surface area contributed by atoms with E-state index >= 15 is 0 Å². The second-order valence-corrected chi connectivity index (χ2v) is 4.58. The summed E-state index contributed by atoms with van der Waals surface area (Å²) in [6, 6.07) is 11.2. The van der Waals surface area contributed by atoms with Crippen molar-refractivity contribution in [1.82, 2.24) is 0 Å². The van der Waals surface area contributed by atoms with Gasteiger partial charge in [0, 0.05) is 17.4 Å². The lowest BCUT2D eigenvalue weighted by Gasteiger charge is -2.16. The van der Waals surface area contributed by atoms with Gasteiger partial charge in [-0.05, 0) is 42.8 Å². The van der Waals surface area contributed by atoms with E-state index in [9.17, 15) is 9.18 Å². The highest BCUT2D eigenvalue weighted by molar-refractivity contribution is 5.98. The number of hydrogen-bond acceptors (Lipinski definition) is 3. The van der Waals surface area contributed by atoms with Gasteiger partial charge in [-0.15, -0.1) is 0 Å². The monoisotopic (exact) mass is 273 g/mol. The van der Waals surface area contributed by atoms with Crippen LogP contribution in [0, 0.1) is 5.82 Å². The third-order valence-electron chi connectivity index (χ3n) is 3.07. The van der Waals surface area contributed by atoms with Crippen LogP contribution in [0.5, 0.6) is 0 Å². The molecule has 5 heteroatoms. The minimum absolute atomic E-state index is 0.0417. The molecule has 0 saturated carbocycles. The maximum Gasteiger partial charge on any atom is 0.250 e. The van der Waals surface area contributed by atoms with Crippen molar-refractivity contribution in [3.05, 3.63) is 59.4 Å². The van der Waals surface area contributed by atoms with Gasteiger partial charge in [-0.1, -0.05) is 12.1 Å². The van der Waals surface area contributed by atoms with Crippen LogP contribution in [0.25, 0.3) is 0 Å². The molecule has 0 heterocycles. The molecular formula is C15H16FN3O. The normalized spacial score (nSPS) is 11.9. The number of halogens is 1. The van der Waals surface area contributed by atoms with Crippen LogP contribution in [0.2, 0.25) is 0 Å². The second-order valence-electron chi connectivity index (χ2n) is 4.58. The van der Waals surface area contributed by atoms with Crippen LogP contribution < -0.4 is 16.8 Å². The molecule has 104 valence electrons. The van der Waals surface area contributed by atoms with Gasteiger partial charge in [-0.25, -0.2) is 4.39 Å². The highest BCUT2D eigenvalue weighted by Gasteiger charge is 2.09. The predicted molar refractivity (Wildman–Crippen MR) is 77.8 cm³/mol. The van der Waals surface area contributed by atoms with Crippen molar-refractivity contribution in [2.75, 3.05) is 11.1 Å². The Bertz CT molecular complexity index is 626. The van der Waals surface area contributed by atoms with E-state index in [-0.39, 0.29) is 17.4 Å². The summed E-state index contributed by atoms with van der Waals surface area (Å²) in [5.74, 6) is -0.843. The second kappa shape index (κ2) is 5.61. The van der Waals surface area contributed by atoms with Crippen LogP contribution in [0.3, 0.4) is 0 Å². The zero-order valence-electron chi connectivity index (χ0n) is 11.1. The van der Waals surface area contributed by atoms with Gasteiger partial charge in [-0.2, -0.15) is 0 Å². The summed E-state index contributed by atoms with van der Waals surface area (Å²) in [6.45, 7) is 1.94. The molecule has 0 bridgehead atoms. The van der Waals surface area contributed by atoms with E-state index in [4.69, 9.17) is 11.5 Å². The van der Waals surface area contributed by atoms with Crippen LogP contribution >= 0.6 is 0 Å². The molecule has 2 aromatic carbocycles. The van der Waals surface area contributed by atoms with Crippen molar-refractivity contribution in [1.29, 1.82) is 0 Å². The van der Waals surface area contributed by atoms with Crippen molar-refractivity contribution in [2.24, 2.45) is 5.73 Å². The van der Waals surface area contributed by atoms with E-state index < -0.39 is 5.91 Å². The first-order valence-electron chi connectivity index (χ1n) is 6.18. The maximum atomic E-state index is 12.9. The Balaban J connectivity index is 2.19. The van der Waals surface area contributed by atoms with Gasteiger partial charge in [0.25, 0.3) is 5.91 Å². The standard InChI is InChI=1S/C15H16FN3O/c1-9(10-2-4-11(16)5-3-10)19-12-6-7-14(17)13(8-12)15(18)20/h2-9,19H,17H2,1H3,(H2,18,20). The molecule has 4 nitrogen and oxygen atoms in total. The molecule has 2 rings (SSSR count). The quantitative estimate of drug-likeness (QED) is 0.749. The fourth-order valence-corrected chi connectivity index (χ4v) is 1.94. The number of anilines is 2. The summed E-state index contributed by atoms with van der Waals surface area (Å²) < 4.78 is 12.9. The van der Waals surface area contributed by atoms with Gasteiger partial charge in [0.05, 0.1) is 5.56 Å². The summed E-state index contributed by atoms with van der Waals surface area (Å²) in [7, 11) is 0. The molecule has 1 amide bonds. The lowest BCUT2D eigenvalue weighted by molar-refractivity contribution is 0.100. The van der Waals surface area contributed by atoms with Crippen LogP contribution in [0.1, 0.15) is 28.9 Å². The van der Waals surface area contributed by atoms with Gasteiger partial charge in [0.1, 0.15) is 5.82 Å². The molecule has 1 unspecified atom stereocenters. The Morgan fingerprint density at radius 1 is 1.20 bits per heavy atom. The molecule has 0 aliphatic heterocycles. The van der Waals surface area contributed by atoms with Crippen molar-refractivity contribution in [3.63, 3.8) is 0 Å². The summed E-state index contributed by atoms with van der Waals surface area (Å²) in [6.07, 6.45) is 0. The Morgan fingerprint density at radius 3 is 2.45 bits per heavy atom. The number of nitrogen functional groups attached to an aromatic ring is 1. The van der Waals surface area contributed by atoms with Crippen molar-refractivity contribution >= 4 is 17.3 Å². The summed E-state index contributed by atoms with van der Waals surface area (Å²) in [5, 5.41) is 3.21. The highest BCUT2D eigenvalue weighted by atomic mass is 19.1. The van der Waals surface area contributed by atoms with Crippen molar-refractivity contribution in [2.45, 2.75) is 13.0 Å².